The fourth-order valence-corrected chi connectivity index (χ4v) is 10.2. The molecule has 3 saturated carbocycles. The van der Waals surface area contributed by atoms with Crippen LogP contribution in [-0.4, -0.2) is 41.6 Å². The zero-order chi connectivity index (χ0) is 25.6. The van der Waals surface area contributed by atoms with Gasteiger partial charge in [-0.15, -0.1) is 0 Å². The molecule has 0 spiro atoms. The molecular weight excluding hydrogens is 450 g/mol. The monoisotopic (exact) mass is 495 g/mol. The Kier molecular flexibility index (Phi) is 5.70. The molecule has 0 unspecified atom stereocenters. The lowest BCUT2D eigenvalue weighted by molar-refractivity contribution is -0.148. The summed E-state index contributed by atoms with van der Waals surface area (Å²) < 4.78 is 12.5. The van der Waals surface area contributed by atoms with E-state index in [1.54, 1.807) is 12.5 Å². The maximum Gasteiger partial charge on any atom is 0.302 e. The van der Waals surface area contributed by atoms with Gasteiger partial charge in [0.05, 0.1) is 6.04 Å². The summed E-state index contributed by atoms with van der Waals surface area (Å²) in [5, 5.41) is 0. The number of fused-ring (bicyclic) bond motifs is 7. The lowest BCUT2D eigenvalue weighted by atomic mass is 9.47. The molecule has 10 atom stereocenters. The Hall–Kier alpha value is -1.78. The van der Waals surface area contributed by atoms with Gasteiger partial charge < -0.3 is 14.4 Å². The number of hydrogen-bond acceptors (Lipinski definition) is 4. The van der Waals surface area contributed by atoms with Gasteiger partial charge in [0.2, 0.25) is 5.91 Å². The van der Waals surface area contributed by atoms with E-state index >= 15 is 0 Å². The predicted octanol–water partition coefficient (Wildman–Crippen LogP) is 6.04. The van der Waals surface area contributed by atoms with Crippen LogP contribution in [0.3, 0.4) is 0 Å². The van der Waals surface area contributed by atoms with Crippen molar-refractivity contribution in [3.8, 4) is 0 Å². The van der Waals surface area contributed by atoms with E-state index in [2.05, 4.69) is 38.7 Å². The third-order valence-electron chi connectivity index (χ3n) is 11.7. The van der Waals surface area contributed by atoms with Crippen LogP contribution in [0, 0.1) is 40.4 Å². The van der Waals surface area contributed by atoms with Crippen molar-refractivity contribution < 1.29 is 19.1 Å². The first-order chi connectivity index (χ1) is 17.0. The predicted molar refractivity (Wildman–Crippen MR) is 139 cm³/mol. The second-order valence-electron chi connectivity index (χ2n) is 13.7. The first kappa shape index (κ1) is 24.6. The van der Waals surface area contributed by atoms with Gasteiger partial charge in [-0.25, -0.2) is 0 Å². The number of carbonyl (C=O) groups is 2. The van der Waals surface area contributed by atoms with Crippen molar-refractivity contribution >= 4 is 11.9 Å². The Morgan fingerprint density at radius 1 is 1.11 bits per heavy atom. The number of ether oxygens (including phenoxy) is 2. The van der Waals surface area contributed by atoms with E-state index < -0.39 is 0 Å². The van der Waals surface area contributed by atoms with E-state index in [0.29, 0.717) is 23.7 Å². The topological polar surface area (TPSA) is 55.8 Å². The second-order valence-corrected chi connectivity index (χ2v) is 13.7. The standard InChI is InChI=1S/C31H45NO4/c1-17-13-26(32(16-17)19(3)33)29-18(2)28-27(36-29)15-25-23-8-7-21-14-22(35-20(4)34)9-11-30(21,5)24(23)10-12-31(25,28)6/h7,17,22-28H,8-16H2,1-6H3/t17-,22+,23-,24-,25-,26-,27-,28+,30-,31-/m0/s1. The molecule has 2 heterocycles. The molecule has 198 valence electrons. The van der Waals surface area contributed by atoms with Crippen molar-refractivity contribution in [2.45, 2.75) is 111 Å². The molecule has 0 bridgehead atoms. The molecule has 0 N–H and O–H groups in total. The van der Waals surface area contributed by atoms with Crippen LogP contribution in [0.1, 0.15) is 92.9 Å². The first-order valence-corrected chi connectivity index (χ1v) is 14.5. The lowest BCUT2D eigenvalue weighted by Crippen LogP contribution is -2.50. The first-order valence-electron chi connectivity index (χ1n) is 14.5. The number of amides is 1. The Balaban J connectivity index is 1.25. The van der Waals surface area contributed by atoms with E-state index in [0.717, 1.165) is 56.7 Å². The van der Waals surface area contributed by atoms with Gasteiger partial charge in [0, 0.05) is 32.7 Å². The van der Waals surface area contributed by atoms with Gasteiger partial charge >= 0.3 is 5.97 Å². The third kappa shape index (κ3) is 3.46. The molecule has 6 rings (SSSR count). The van der Waals surface area contributed by atoms with Gasteiger partial charge in [-0.1, -0.05) is 32.4 Å². The number of carbonyl (C=O) groups excluding carboxylic acids is 2. The van der Waals surface area contributed by atoms with Crippen LogP contribution in [0.4, 0.5) is 0 Å². The van der Waals surface area contributed by atoms with Crippen LogP contribution in [0.25, 0.3) is 0 Å². The third-order valence-corrected chi connectivity index (χ3v) is 11.7. The van der Waals surface area contributed by atoms with Crippen LogP contribution >= 0.6 is 0 Å². The number of rotatable bonds is 2. The van der Waals surface area contributed by atoms with Gasteiger partial charge in [-0.2, -0.15) is 0 Å². The molecule has 5 nitrogen and oxygen atoms in total. The maximum absolute atomic E-state index is 12.4. The molecule has 4 fully saturated rings. The van der Waals surface area contributed by atoms with Crippen LogP contribution in [0.2, 0.25) is 0 Å². The van der Waals surface area contributed by atoms with E-state index in [1.165, 1.54) is 25.3 Å². The average Bonchev–Trinajstić information content (AvgIpc) is 3.44. The van der Waals surface area contributed by atoms with E-state index in [1.807, 2.05) is 0 Å². The van der Waals surface area contributed by atoms with Crippen molar-refractivity contribution in [3.05, 3.63) is 23.0 Å². The molecular formula is C31H45NO4. The average molecular weight is 496 g/mol. The lowest BCUT2D eigenvalue weighted by Gasteiger charge is -2.58. The Morgan fingerprint density at radius 3 is 2.61 bits per heavy atom. The van der Waals surface area contributed by atoms with Gasteiger partial charge in [0.1, 0.15) is 18.0 Å². The van der Waals surface area contributed by atoms with Crippen molar-refractivity contribution in [2.24, 2.45) is 40.4 Å². The summed E-state index contributed by atoms with van der Waals surface area (Å²) in [7, 11) is 0. The molecule has 0 aromatic heterocycles. The maximum atomic E-state index is 12.4. The van der Waals surface area contributed by atoms with Gasteiger partial charge in [0.25, 0.3) is 0 Å². The molecule has 4 aliphatic carbocycles. The number of likely N-dealkylation sites (tertiary alicyclic amines) is 1. The summed E-state index contributed by atoms with van der Waals surface area (Å²) in [5.41, 5.74) is 3.52. The van der Waals surface area contributed by atoms with Crippen LogP contribution in [0.15, 0.2) is 23.0 Å². The molecule has 5 heteroatoms. The molecule has 0 radical (unpaired) electrons. The minimum atomic E-state index is -0.148. The van der Waals surface area contributed by atoms with E-state index in [9.17, 15) is 9.59 Å². The van der Waals surface area contributed by atoms with Crippen LogP contribution in [0.5, 0.6) is 0 Å². The molecule has 36 heavy (non-hydrogen) atoms. The highest BCUT2D eigenvalue weighted by Gasteiger charge is 2.64. The number of esters is 1. The van der Waals surface area contributed by atoms with Crippen LogP contribution < -0.4 is 0 Å². The van der Waals surface area contributed by atoms with Crippen molar-refractivity contribution in [1.29, 1.82) is 0 Å². The highest BCUT2D eigenvalue weighted by Crippen LogP contribution is 2.69. The van der Waals surface area contributed by atoms with Crippen molar-refractivity contribution in [1.82, 2.24) is 4.90 Å². The smallest absolute Gasteiger partial charge is 0.302 e. The zero-order valence-electron chi connectivity index (χ0n) is 23.1. The summed E-state index contributed by atoms with van der Waals surface area (Å²) in [6.07, 6.45) is 11.8. The largest absolute Gasteiger partial charge is 0.492 e. The molecule has 1 saturated heterocycles. The highest BCUT2D eigenvalue weighted by molar-refractivity contribution is 5.74. The summed E-state index contributed by atoms with van der Waals surface area (Å²) in [6, 6.07) is 0.132. The Morgan fingerprint density at radius 2 is 1.89 bits per heavy atom. The Labute approximate surface area is 217 Å². The molecule has 0 aromatic rings. The van der Waals surface area contributed by atoms with E-state index in [4.69, 9.17) is 9.47 Å². The SMILES string of the molecule is CC(=O)O[C@@H]1CC[C@@]2(C)C(=CC[C@@H]3[C@@H]4C[C@@H]5OC([C@@H]6C[C@H](C)CN6C(C)=O)=C(C)[C@H]5[C@@]4(C)CC[C@@H]32)C1. The Bertz CT molecular complexity index is 1030. The molecule has 6 aliphatic rings. The summed E-state index contributed by atoms with van der Waals surface area (Å²) in [4.78, 5) is 26.0. The quantitative estimate of drug-likeness (QED) is 0.346. The molecule has 1 amide bonds. The number of allylic oxidation sites excluding steroid dienone is 1. The van der Waals surface area contributed by atoms with E-state index in [-0.39, 0.29) is 41.0 Å². The summed E-state index contributed by atoms with van der Waals surface area (Å²) >= 11 is 0. The minimum absolute atomic E-state index is 0.0607. The number of hydrogen-bond donors (Lipinski definition) is 0. The van der Waals surface area contributed by atoms with Crippen LogP contribution in [-0.2, 0) is 19.1 Å². The summed E-state index contributed by atoms with van der Waals surface area (Å²) in [5.74, 6) is 4.31. The van der Waals surface area contributed by atoms with Crippen molar-refractivity contribution in [3.63, 3.8) is 0 Å². The fraction of sp³-hybridized carbons (Fsp3) is 0.806. The second kappa shape index (κ2) is 8.36. The molecule has 2 aliphatic heterocycles. The minimum Gasteiger partial charge on any atom is -0.492 e. The fourth-order valence-electron chi connectivity index (χ4n) is 10.2. The van der Waals surface area contributed by atoms with Gasteiger partial charge in [-0.3, -0.25) is 9.59 Å². The summed E-state index contributed by atoms with van der Waals surface area (Å²) in [6.45, 7) is 13.7. The zero-order valence-corrected chi connectivity index (χ0v) is 23.1. The molecule has 0 aromatic carbocycles. The normalized spacial score (nSPS) is 47.4. The van der Waals surface area contributed by atoms with Gasteiger partial charge in [-0.05, 0) is 91.9 Å². The van der Waals surface area contributed by atoms with Gasteiger partial charge in [0.15, 0.2) is 0 Å². The highest BCUT2D eigenvalue weighted by atomic mass is 16.5. The number of nitrogens with zero attached hydrogens (tertiary/aromatic N) is 1. The van der Waals surface area contributed by atoms with Crippen molar-refractivity contribution in [2.75, 3.05) is 6.54 Å².